The molecule has 0 aliphatic heterocycles. The largest absolute Gasteiger partial charge is 0.497 e. The van der Waals surface area contributed by atoms with Crippen molar-refractivity contribution in [3.63, 3.8) is 0 Å². The van der Waals surface area contributed by atoms with Gasteiger partial charge in [-0.2, -0.15) is 4.89 Å². The molecule has 0 spiro atoms. The fourth-order valence-electron chi connectivity index (χ4n) is 1.11. The van der Waals surface area contributed by atoms with Gasteiger partial charge in [-0.05, 0) is 26.0 Å². The molecule has 0 saturated heterocycles. The van der Waals surface area contributed by atoms with Crippen LogP contribution in [-0.4, -0.2) is 26.3 Å². The van der Waals surface area contributed by atoms with Crippen LogP contribution < -0.4 is 9.47 Å². The Kier molecular flexibility index (Phi) is 4.78. The van der Waals surface area contributed by atoms with Gasteiger partial charge in [-0.25, -0.2) is 4.79 Å². The Hall–Kier alpha value is -1.75. The van der Waals surface area contributed by atoms with Gasteiger partial charge in [0.05, 0.1) is 25.9 Å². The highest BCUT2D eigenvalue weighted by molar-refractivity contribution is 5.90. The van der Waals surface area contributed by atoms with Crippen molar-refractivity contribution in [3.8, 4) is 11.5 Å². The molecule has 0 heterocycles. The molecule has 94 valence electrons. The Balaban J connectivity index is 2.84. The zero-order valence-corrected chi connectivity index (χ0v) is 10.4. The Bertz CT molecular complexity index is 364. The summed E-state index contributed by atoms with van der Waals surface area (Å²) in [7, 11) is 3.02. The van der Waals surface area contributed by atoms with E-state index in [-0.39, 0.29) is 6.10 Å². The summed E-state index contributed by atoms with van der Waals surface area (Å²) in [5.74, 6) is 0.442. The zero-order chi connectivity index (χ0) is 12.8. The molecule has 0 atom stereocenters. The fourth-order valence-corrected chi connectivity index (χ4v) is 1.11. The third-order valence-electron chi connectivity index (χ3n) is 1.90. The molecule has 0 saturated carbocycles. The molecule has 0 aliphatic rings. The van der Waals surface area contributed by atoms with Gasteiger partial charge in [0, 0.05) is 6.07 Å². The van der Waals surface area contributed by atoms with Gasteiger partial charge in [0.1, 0.15) is 11.5 Å². The van der Waals surface area contributed by atoms with Crippen molar-refractivity contribution < 1.29 is 24.0 Å². The maximum Gasteiger partial charge on any atom is 0.373 e. The van der Waals surface area contributed by atoms with Gasteiger partial charge in [-0.3, -0.25) is 4.89 Å². The maximum absolute atomic E-state index is 11.6. The highest BCUT2D eigenvalue weighted by Crippen LogP contribution is 2.23. The van der Waals surface area contributed by atoms with Crippen LogP contribution in [0.3, 0.4) is 0 Å². The number of benzene rings is 1. The second kappa shape index (κ2) is 6.10. The smallest absolute Gasteiger partial charge is 0.373 e. The average molecular weight is 240 g/mol. The van der Waals surface area contributed by atoms with E-state index in [1.54, 1.807) is 32.0 Å². The number of hydrogen-bond acceptors (Lipinski definition) is 5. The van der Waals surface area contributed by atoms with Crippen molar-refractivity contribution in [1.82, 2.24) is 0 Å². The van der Waals surface area contributed by atoms with Crippen molar-refractivity contribution in [1.29, 1.82) is 0 Å². The van der Waals surface area contributed by atoms with Gasteiger partial charge in [0.2, 0.25) is 0 Å². The van der Waals surface area contributed by atoms with Crippen LogP contribution in [0.15, 0.2) is 18.2 Å². The van der Waals surface area contributed by atoms with Gasteiger partial charge < -0.3 is 9.47 Å². The number of carbonyl (C=O) groups is 1. The average Bonchev–Trinajstić information content (AvgIpc) is 2.34. The highest BCUT2D eigenvalue weighted by atomic mass is 17.2. The van der Waals surface area contributed by atoms with E-state index >= 15 is 0 Å². The molecular formula is C12H16O5. The normalized spacial score (nSPS) is 10.2. The SMILES string of the molecule is COc1cc(OC)cc(C(=O)OOC(C)C)c1. The van der Waals surface area contributed by atoms with Crippen LogP contribution in [0.5, 0.6) is 11.5 Å². The minimum absolute atomic E-state index is 0.188. The van der Waals surface area contributed by atoms with E-state index in [4.69, 9.17) is 14.4 Å². The number of hydrogen-bond donors (Lipinski definition) is 0. The highest BCUT2D eigenvalue weighted by Gasteiger charge is 2.12. The first-order valence-corrected chi connectivity index (χ1v) is 5.17. The molecule has 5 nitrogen and oxygen atoms in total. The lowest BCUT2D eigenvalue weighted by Crippen LogP contribution is -2.11. The monoisotopic (exact) mass is 240 g/mol. The van der Waals surface area contributed by atoms with Crippen molar-refractivity contribution in [2.45, 2.75) is 20.0 Å². The molecule has 0 amide bonds. The van der Waals surface area contributed by atoms with Crippen molar-refractivity contribution in [2.24, 2.45) is 0 Å². The maximum atomic E-state index is 11.6. The predicted octanol–water partition coefficient (Wildman–Crippen LogP) is 2.20. The van der Waals surface area contributed by atoms with Crippen molar-refractivity contribution in [3.05, 3.63) is 23.8 Å². The molecule has 1 rings (SSSR count). The topological polar surface area (TPSA) is 54.0 Å². The van der Waals surface area contributed by atoms with Crippen LogP contribution in [-0.2, 0) is 9.78 Å². The van der Waals surface area contributed by atoms with Gasteiger partial charge in [-0.1, -0.05) is 0 Å². The second-order valence-corrected chi connectivity index (χ2v) is 3.62. The van der Waals surface area contributed by atoms with E-state index in [9.17, 15) is 4.79 Å². The Morgan fingerprint density at radius 3 is 2.00 bits per heavy atom. The van der Waals surface area contributed by atoms with Gasteiger partial charge >= 0.3 is 5.97 Å². The number of rotatable bonds is 5. The van der Waals surface area contributed by atoms with Crippen molar-refractivity contribution in [2.75, 3.05) is 14.2 Å². The second-order valence-electron chi connectivity index (χ2n) is 3.62. The third-order valence-corrected chi connectivity index (χ3v) is 1.90. The molecule has 0 aliphatic carbocycles. The van der Waals surface area contributed by atoms with E-state index < -0.39 is 5.97 Å². The third kappa shape index (κ3) is 3.96. The summed E-state index contributed by atoms with van der Waals surface area (Å²) in [4.78, 5) is 21.0. The van der Waals surface area contributed by atoms with Gasteiger partial charge in [0.25, 0.3) is 0 Å². The lowest BCUT2D eigenvalue weighted by atomic mass is 10.2. The molecule has 0 radical (unpaired) electrons. The van der Waals surface area contributed by atoms with E-state index in [1.807, 2.05) is 0 Å². The minimum atomic E-state index is -0.587. The lowest BCUT2D eigenvalue weighted by Gasteiger charge is -2.09. The molecule has 1 aromatic carbocycles. The molecule has 17 heavy (non-hydrogen) atoms. The van der Waals surface area contributed by atoms with Gasteiger partial charge in [0.15, 0.2) is 0 Å². The quantitative estimate of drug-likeness (QED) is 0.583. The van der Waals surface area contributed by atoms with E-state index in [1.165, 1.54) is 14.2 Å². The van der Waals surface area contributed by atoms with Crippen LogP contribution in [0, 0.1) is 0 Å². The predicted molar refractivity (Wildman–Crippen MR) is 61.2 cm³/mol. The van der Waals surface area contributed by atoms with E-state index in [2.05, 4.69) is 4.89 Å². The summed E-state index contributed by atoms with van der Waals surface area (Å²) in [5, 5.41) is 0. The Morgan fingerprint density at radius 1 is 1.06 bits per heavy atom. The number of methoxy groups -OCH3 is 2. The Morgan fingerprint density at radius 2 is 1.59 bits per heavy atom. The lowest BCUT2D eigenvalue weighted by molar-refractivity contribution is -0.265. The van der Waals surface area contributed by atoms with Crippen molar-refractivity contribution >= 4 is 5.97 Å². The molecule has 0 unspecified atom stereocenters. The summed E-state index contributed by atoms with van der Waals surface area (Å²) in [6, 6.07) is 4.77. The van der Waals surface area contributed by atoms with E-state index in [0.29, 0.717) is 17.1 Å². The summed E-state index contributed by atoms with van der Waals surface area (Å²) in [6.07, 6.45) is -0.188. The van der Waals surface area contributed by atoms with Gasteiger partial charge in [-0.15, -0.1) is 0 Å². The standard InChI is InChI=1S/C12H16O5/c1-8(2)16-17-12(13)9-5-10(14-3)7-11(6-9)15-4/h5-8H,1-4H3. The summed E-state index contributed by atoms with van der Waals surface area (Å²) in [5.41, 5.74) is 0.307. The van der Waals surface area contributed by atoms with Crippen LogP contribution >= 0.6 is 0 Å². The molecule has 0 aromatic heterocycles. The molecule has 0 fully saturated rings. The summed E-state index contributed by atoms with van der Waals surface area (Å²) >= 11 is 0. The fraction of sp³-hybridized carbons (Fsp3) is 0.417. The molecule has 0 N–H and O–H groups in total. The molecular weight excluding hydrogens is 224 g/mol. The van der Waals surface area contributed by atoms with E-state index in [0.717, 1.165) is 0 Å². The number of ether oxygens (including phenoxy) is 2. The van der Waals surface area contributed by atoms with Crippen LogP contribution in [0.1, 0.15) is 24.2 Å². The first-order chi connectivity index (χ1) is 8.06. The minimum Gasteiger partial charge on any atom is -0.497 e. The Labute approximate surface area is 100 Å². The van der Waals surface area contributed by atoms with Crippen LogP contribution in [0.2, 0.25) is 0 Å². The molecule has 0 bridgehead atoms. The summed E-state index contributed by atoms with van der Waals surface area (Å²) in [6.45, 7) is 3.53. The zero-order valence-electron chi connectivity index (χ0n) is 10.4. The number of carbonyl (C=O) groups excluding carboxylic acids is 1. The molecule has 1 aromatic rings. The first kappa shape index (κ1) is 13.3. The molecule has 5 heteroatoms. The van der Waals surface area contributed by atoms with Crippen LogP contribution in [0.25, 0.3) is 0 Å². The van der Waals surface area contributed by atoms with Crippen LogP contribution in [0.4, 0.5) is 0 Å². The summed E-state index contributed by atoms with van der Waals surface area (Å²) < 4.78 is 10.1. The first-order valence-electron chi connectivity index (χ1n) is 5.17.